The SMILES string of the molecule is O=C(CN1C(=O)c2ccccc2C1=O)Nn1c(-c2ccc(F)cc2)nc2ccccc2c1=O. The van der Waals surface area contributed by atoms with E-state index in [0.717, 1.165) is 9.58 Å². The van der Waals surface area contributed by atoms with Crippen LogP contribution in [0, 0.1) is 5.82 Å². The number of rotatable bonds is 4. The molecule has 33 heavy (non-hydrogen) atoms. The second kappa shape index (κ2) is 7.79. The lowest BCUT2D eigenvalue weighted by Gasteiger charge is -2.17. The van der Waals surface area contributed by atoms with Gasteiger partial charge in [0.25, 0.3) is 23.3 Å². The van der Waals surface area contributed by atoms with Crippen molar-refractivity contribution in [2.45, 2.75) is 0 Å². The van der Waals surface area contributed by atoms with Crippen molar-refractivity contribution >= 4 is 28.6 Å². The fraction of sp³-hybridized carbons (Fsp3) is 0.0417. The number of halogens is 1. The van der Waals surface area contributed by atoms with Crippen LogP contribution in [-0.2, 0) is 4.79 Å². The number of aromatic nitrogens is 2. The zero-order valence-electron chi connectivity index (χ0n) is 17.0. The second-order valence-electron chi connectivity index (χ2n) is 7.38. The van der Waals surface area contributed by atoms with E-state index in [0.29, 0.717) is 11.1 Å². The van der Waals surface area contributed by atoms with Crippen LogP contribution in [0.5, 0.6) is 0 Å². The predicted molar refractivity (Wildman–Crippen MR) is 118 cm³/mol. The highest BCUT2D eigenvalue weighted by atomic mass is 19.1. The van der Waals surface area contributed by atoms with E-state index in [1.165, 1.54) is 36.4 Å². The Balaban J connectivity index is 1.51. The first-order valence-electron chi connectivity index (χ1n) is 9.97. The second-order valence-corrected chi connectivity index (χ2v) is 7.38. The summed E-state index contributed by atoms with van der Waals surface area (Å²) in [5.41, 5.74) is 3.10. The molecule has 3 aromatic carbocycles. The van der Waals surface area contributed by atoms with Crippen molar-refractivity contribution < 1.29 is 18.8 Å². The first-order chi connectivity index (χ1) is 15.9. The summed E-state index contributed by atoms with van der Waals surface area (Å²) in [4.78, 5) is 56.4. The van der Waals surface area contributed by atoms with Crippen LogP contribution in [0.4, 0.5) is 4.39 Å². The molecule has 4 aromatic rings. The minimum absolute atomic E-state index is 0.0782. The normalized spacial score (nSPS) is 12.8. The zero-order chi connectivity index (χ0) is 23.1. The summed E-state index contributed by atoms with van der Waals surface area (Å²) in [6, 6.07) is 18.1. The molecule has 2 heterocycles. The minimum Gasteiger partial charge on any atom is -0.271 e. The van der Waals surface area contributed by atoms with Gasteiger partial charge in [-0.3, -0.25) is 29.5 Å². The van der Waals surface area contributed by atoms with Crippen LogP contribution in [0.2, 0.25) is 0 Å². The first kappa shape index (κ1) is 20.3. The van der Waals surface area contributed by atoms with Crippen LogP contribution in [-0.4, -0.2) is 38.8 Å². The largest absolute Gasteiger partial charge is 0.280 e. The van der Waals surface area contributed by atoms with Gasteiger partial charge in [-0.05, 0) is 48.5 Å². The van der Waals surface area contributed by atoms with E-state index in [-0.39, 0.29) is 22.3 Å². The Morgan fingerprint density at radius 3 is 2.12 bits per heavy atom. The highest BCUT2D eigenvalue weighted by Crippen LogP contribution is 2.22. The number of nitrogens with one attached hydrogen (secondary N) is 1. The highest BCUT2D eigenvalue weighted by molar-refractivity contribution is 6.22. The number of benzene rings is 3. The molecule has 0 bridgehead atoms. The molecule has 0 saturated heterocycles. The van der Waals surface area contributed by atoms with Gasteiger partial charge in [0.1, 0.15) is 12.4 Å². The Kier molecular flexibility index (Phi) is 4.78. The van der Waals surface area contributed by atoms with Gasteiger partial charge in [0.15, 0.2) is 5.82 Å². The standard InChI is InChI=1S/C24H15FN4O4/c25-15-11-9-14(10-12-15)21-26-19-8-4-3-7-18(19)24(33)29(21)27-20(30)13-28-22(31)16-5-1-2-6-17(16)23(28)32/h1-12H,13H2,(H,27,30). The van der Waals surface area contributed by atoms with Gasteiger partial charge in [-0.25, -0.2) is 9.37 Å². The van der Waals surface area contributed by atoms with Crippen LogP contribution < -0.4 is 11.0 Å². The van der Waals surface area contributed by atoms with Crippen LogP contribution in [0.25, 0.3) is 22.3 Å². The third kappa shape index (κ3) is 3.45. The van der Waals surface area contributed by atoms with Crippen molar-refractivity contribution in [3.63, 3.8) is 0 Å². The van der Waals surface area contributed by atoms with Gasteiger partial charge in [-0.1, -0.05) is 24.3 Å². The molecule has 1 aliphatic heterocycles. The minimum atomic E-state index is -0.771. The van der Waals surface area contributed by atoms with Crippen molar-refractivity contribution in [3.8, 4) is 11.4 Å². The Morgan fingerprint density at radius 2 is 1.45 bits per heavy atom. The van der Waals surface area contributed by atoms with Gasteiger partial charge in [0.2, 0.25) is 0 Å². The fourth-order valence-corrected chi connectivity index (χ4v) is 3.72. The Bertz CT molecular complexity index is 1480. The van der Waals surface area contributed by atoms with E-state index in [9.17, 15) is 23.6 Å². The Hall–Kier alpha value is -4.66. The Morgan fingerprint density at radius 1 is 0.848 bits per heavy atom. The van der Waals surface area contributed by atoms with Gasteiger partial charge in [0.05, 0.1) is 22.0 Å². The molecule has 0 radical (unpaired) electrons. The maximum atomic E-state index is 13.4. The lowest BCUT2D eigenvalue weighted by Crippen LogP contribution is -2.42. The highest BCUT2D eigenvalue weighted by Gasteiger charge is 2.36. The summed E-state index contributed by atoms with van der Waals surface area (Å²) < 4.78 is 14.4. The van der Waals surface area contributed by atoms with Gasteiger partial charge in [0, 0.05) is 5.56 Å². The molecule has 1 aliphatic rings. The van der Waals surface area contributed by atoms with E-state index in [4.69, 9.17) is 0 Å². The third-order valence-corrected chi connectivity index (χ3v) is 5.29. The summed E-state index contributed by atoms with van der Waals surface area (Å²) in [5, 5.41) is 0.254. The lowest BCUT2D eigenvalue weighted by atomic mass is 10.1. The van der Waals surface area contributed by atoms with Gasteiger partial charge < -0.3 is 0 Å². The first-order valence-corrected chi connectivity index (χ1v) is 9.97. The molecule has 0 saturated carbocycles. The molecule has 9 heteroatoms. The molecule has 0 aliphatic carbocycles. The van der Waals surface area contributed by atoms with Gasteiger partial charge >= 0.3 is 0 Å². The number of carbonyl (C=O) groups excluding carboxylic acids is 3. The predicted octanol–water partition coefficient (Wildman–Crippen LogP) is 2.57. The molecule has 1 aromatic heterocycles. The van der Waals surface area contributed by atoms with Crippen molar-refractivity contribution in [1.82, 2.24) is 14.6 Å². The number of imide groups is 1. The fourth-order valence-electron chi connectivity index (χ4n) is 3.72. The number of fused-ring (bicyclic) bond motifs is 2. The molecular formula is C24H15FN4O4. The molecule has 3 amide bonds. The van der Waals surface area contributed by atoms with Crippen molar-refractivity contribution in [2.75, 3.05) is 12.0 Å². The van der Waals surface area contributed by atoms with Crippen LogP contribution in [0.3, 0.4) is 0 Å². The third-order valence-electron chi connectivity index (χ3n) is 5.29. The molecule has 8 nitrogen and oxygen atoms in total. The van der Waals surface area contributed by atoms with Crippen LogP contribution in [0.15, 0.2) is 77.6 Å². The molecule has 1 N–H and O–H groups in total. The Labute approximate surface area is 185 Å². The monoisotopic (exact) mass is 442 g/mol. The van der Waals surface area contributed by atoms with Gasteiger partial charge in [-0.2, -0.15) is 4.68 Å². The number of hydrogen-bond acceptors (Lipinski definition) is 5. The van der Waals surface area contributed by atoms with Crippen molar-refractivity contribution in [3.05, 3.63) is 100 Å². The molecule has 0 spiro atoms. The van der Waals surface area contributed by atoms with E-state index in [1.54, 1.807) is 36.4 Å². The number of amides is 3. The maximum Gasteiger partial charge on any atom is 0.280 e. The maximum absolute atomic E-state index is 13.4. The number of carbonyl (C=O) groups is 3. The average molecular weight is 442 g/mol. The number of nitrogens with zero attached hydrogens (tertiary/aromatic N) is 3. The van der Waals surface area contributed by atoms with Crippen LogP contribution >= 0.6 is 0 Å². The summed E-state index contributed by atoms with van der Waals surface area (Å²) in [6.07, 6.45) is 0. The number of hydrogen-bond donors (Lipinski definition) is 1. The molecule has 0 unspecified atom stereocenters. The van der Waals surface area contributed by atoms with Gasteiger partial charge in [-0.15, -0.1) is 0 Å². The van der Waals surface area contributed by atoms with E-state index in [1.807, 2.05) is 0 Å². The summed E-state index contributed by atoms with van der Waals surface area (Å²) in [5.74, 6) is -2.34. The van der Waals surface area contributed by atoms with Crippen molar-refractivity contribution in [1.29, 1.82) is 0 Å². The molecule has 0 atom stereocenters. The lowest BCUT2D eigenvalue weighted by molar-refractivity contribution is -0.117. The molecule has 162 valence electrons. The summed E-state index contributed by atoms with van der Waals surface area (Å²) in [7, 11) is 0. The zero-order valence-corrected chi connectivity index (χ0v) is 17.0. The molecule has 0 fully saturated rings. The van der Waals surface area contributed by atoms with E-state index >= 15 is 0 Å². The summed E-state index contributed by atoms with van der Waals surface area (Å²) in [6.45, 7) is -0.589. The van der Waals surface area contributed by atoms with Crippen LogP contribution in [0.1, 0.15) is 20.7 Å². The number of para-hydroxylation sites is 1. The summed E-state index contributed by atoms with van der Waals surface area (Å²) >= 11 is 0. The molecular weight excluding hydrogens is 427 g/mol. The topological polar surface area (TPSA) is 101 Å². The van der Waals surface area contributed by atoms with E-state index in [2.05, 4.69) is 10.4 Å². The smallest absolute Gasteiger partial charge is 0.271 e. The quantitative estimate of drug-likeness (QED) is 0.490. The van der Waals surface area contributed by atoms with E-state index < -0.39 is 35.6 Å². The molecule has 5 rings (SSSR count). The average Bonchev–Trinajstić information content (AvgIpc) is 3.06. The van der Waals surface area contributed by atoms with Crippen molar-refractivity contribution in [2.24, 2.45) is 0 Å².